The molecule has 1 N–H and O–H groups in total. The molecule has 0 amide bonds. The summed E-state index contributed by atoms with van der Waals surface area (Å²) in [6.07, 6.45) is 7.41. The minimum Gasteiger partial charge on any atom is -0.378 e. The second-order valence-corrected chi connectivity index (χ2v) is 4.86. The second-order valence-electron chi connectivity index (χ2n) is 4.86. The Morgan fingerprint density at radius 3 is 2.69 bits per heavy atom. The van der Waals surface area contributed by atoms with Crippen molar-refractivity contribution >= 4 is 0 Å². The molecule has 0 spiro atoms. The van der Waals surface area contributed by atoms with Crippen molar-refractivity contribution < 1.29 is 4.74 Å². The molecule has 3 heteroatoms. The Hall–Kier alpha value is -0.590. The number of nitrogens with one attached hydrogen (secondary N) is 1. The van der Waals surface area contributed by atoms with Gasteiger partial charge in [-0.05, 0) is 39.2 Å². The van der Waals surface area contributed by atoms with Crippen molar-refractivity contribution in [2.45, 2.75) is 64.0 Å². The fourth-order valence-electron chi connectivity index (χ4n) is 2.30. The fourth-order valence-corrected chi connectivity index (χ4v) is 2.30. The molecule has 1 aliphatic carbocycles. The van der Waals surface area contributed by atoms with Gasteiger partial charge in [-0.3, -0.25) is 5.32 Å². The van der Waals surface area contributed by atoms with Crippen molar-refractivity contribution in [1.82, 2.24) is 5.32 Å². The van der Waals surface area contributed by atoms with Crippen LogP contribution in [0.3, 0.4) is 0 Å². The maximum absolute atomic E-state index is 9.07. The van der Waals surface area contributed by atoms with Crippen molar-refractivity contribution in [3.8, 4) is 6.07 Å². The molecule has 0 bridgehead atoms. The molecule has 1 fully saturated rings. The van der Waals surface area contributed by atoms with E-state index in [1.54, 1.807) is 0 Å². The summed E-state index contributed by atoms with van der Waals surface area (Å²) in [4.78, 5) is 0. The normalized spacial score (nSPS) is 20.6. The molecule has 92 valence electrons. The minimum absolute atomic E-state index is 0.381. The number of nitrogens with zero attached hydrogens (tertiary/aromatic N) is 1. The molecule has 0 aromatic carbocycles. The molecule has 0 saturated heterocycles. The molecule has 1 aliphatic rings. The third kappa shape index (κ3) is 4.51. The third-order valence-electron chi connectivity index (χ3n) is 3.29. The molecule has 1 rings (SSSR count). The smallest absolute Gasteiger partial charge is 0.104 e. The first-order valence-electron chi connectivity index (χ1n) is 6.48. The third-order valence-corrected chi connectivity index (χ3v) is 3.29. The predicted octanol–water partition coefficient (Wildman–Crippen LogP) is 2.62. The Morgan fingerprint density at radius 2 is 2.12 bits per heavy atom. The summed E-state index contributed by atoms with van der Waals surface area (Å²) < 4.78 is 5.78. The van der Waals surface area contributed by atoms with Crippen LogP contribution in [0.4, 0.5) is 0 Å². The van der Waals surface area contributed by atoms with Crippen molar-refractivity contribution in [3.05, 3.63) is 0 Å². The van der Waals surface area contributed by atoms with Crippen molar-refractivity contribution in [3.63, 3.8) is 0 Å². The summed E-state index contributed by atoms with van der Waals surface area (Å²) in [7, 11) is 0. The van der Waals surface area contributed by atoms with E-state index in [2.05, 4.69) is 11.4 Å². The van der Waals surface area contributed by atoms with Crippen LogP contribution < -0.4 is 5.32 Å². The number of nitriles is 1. The minimum atomic E-state index is -0.381. The lowest BCUT2D eigenvalue weighted by atomic mass is 9.98. The summed E-state index contributed by atoms with van der Waals surface area (Å²) in [5.74, 6) is 0. The van der Waals surface area contributed by atoms with E-state index in [-0.39, 0.29) is 5.54 Å². The van der Waals surface area contributed by atoms with Gasteiger partial charge in [0.15, 0.2) is 0 Å². The van der Waals surface area contributed by atoms with Crippen molar-refractivity contribution in [2.24, 2.45) is 0 Å². The van der Waals surface area contributed by atoms with Gasteiger partial charge in [0.25, 0.3) is 0 Å². The Labute approximate surface area is 99.2 Å². The maximum atomic E-state index is 9.07. The Balaban J connectivity index is 2.11. The molecule has 0 radical (unpaired) electrons. The first-order chi connectivity index (χ1) is 7.70. The highest BCUT2D eigenvalue weighted by Gasteiger charge is 2.22. The van der Waals surface area contributed by atoms with Gasteiger partial charge in [0.1, 0.15) is 5.54 Å². The number of ether oxygens (including phenoxy) is 1. The Bertz CT molecular complexity index is 231. The van der Waals surface area contributed by atoms with Gasteiger partial charge >= 0.3 is 0 Å². The van der Waals surface area contributed by atoms with Crippen LogP contribution in [-0.2, 0) is 4.74 Å². The zero-order chi connectivity index (χ0) is 11.9. The first-order valence-corrected chi connectivity index (χ1v) is 6.48. The predicted molar refractivity (Wildman–Crippen MR) is 65.1 cm³/mol. The summed E-state index contributed by atoms with van der Waals surface area (Å²) >= 11 is 0. The van der Waals surface area contributed by atoms with Crippen molar-refractivity contribution in [1.29, 1.82) is 5.26 Å². The van der Waals surface area contributed by atoms with E-state index < -0.39 is 0 Å². The number of hydrogen-bond acceptors (Lipinski definition) is 3. The fraction of sp³-hybridized carbons (Fsp3) is 0.923. The van der Waals surface area contributed by atoms with Crippen LogP contribution in [0.25, 0.3) is 0 Å². The molecule has 1 unspecified atom stereocenters. The van der Waals surface area contributed by atoms with Gasteiger partial charge in [-0.15, -0.1) is 0 Å². The van der Waals surface area contributed by atoms with Crippen LogP contribution >= 0.6 is 0 Å². The molecule has 0 aromatic heterocycles. The Morgan fingerprint density at radius 1 is 1.44 bits per heavy atom. The molecule has 1 saturated carbocycles. The largest absolute Gasteiger partial charge is 0.378 e. The lowest BCUT2D eigenvalue weighted by Crippen LogP contribution is -2.40. The van der Waals surface area contributed by atoms with Gasteiger partial charge in [0.2, 0.25) is 0 Å². The highest BCUT2D eigenvalue weighted by atomic mass is 16.5. The van der Waals surface area contributed by atoms with Crippen molar-refractivity contribution in [2.75, 3.05) is 13.2 Å². The van der Waals surface area contributed by atoms with E-state index >= 15 is 0 Å². The molecule has 0 heterocycles. The van der Waals surface area contributed by atoms with Gasteiger partial charge in [-0.1, -0.05) is 19.8 Å². The lowest BCUT2D eigenvalue weighted by Gasteiger charge is -2.22. The summed E-state index contributed by atoms with van der Waals surface area (Å²) in [5.41, 5.74) is -0.381. The first kappa shape index (κ1) is 13.5. The second kappa shape index (κ2) is 6.88. The molecular weight excluding hydrogens is 200 g/mol. The van der Waals surface area contributed by atoms with Crippen LogP contribution in [0.1, 0.15) is 52.4 Å². The van der Waals surface area contributed by atoms with Gasteiger partial charge in [0, 0.05) is 6.61 Å². The quantitative estimate of drug-likeness (QED) is 0.676. The topological polar surface area (TPSA) is 45.0 Å². The van der Waals surface area contributed by atoms with Gasteiger partial charge in [-0.25, -0.2) is 0 Å². The molecule has 0 aromatic rings. The van der Waals surface area contributed by atoms with E-state index in [1.165, 1.54) is 25.7 Å². The number of hydrogen-bond donors (Lipinski definition) is 1. The van der Waals surface area contributed by atoms with Crippen LogP contribution in [-0.4, -0.2) is 24.8 Å². The zero-order valence-corrected chi connectivity index (χ0v) is 10.6. The highest BCUT2D eigenvalue weighted by Crippen LogP contribution is 2.21. The van der Waals surface area contributed by atoms with Gasteiger partial charge in [-0.2, -0.15) is 5.26 Å². The summed E-state index contributed by atoms with van der Waals surface area (Å²) in [6, 6.07) is 2.34. The standard InChI is InChI=1S/C13H24N2O/c1-3-15-13(2,11-14)9-6-10-16-12-7-4-5-8-12/h12,15H,3-10H2,1-2H3. The van der Waals surface area contributed by atoms with E-state index in [0.29, 0.717) is 6.10 Å². The van der Waals surface area contributed by atoms with Gasteiger partial charge < -0.3 is 4.74 Å². The van der Waals surface area contributed by atoms with E-state index in [1.807, 2.05) is 13.8 Å². The highest BCUT2D eigenvalue weighted by molar-refractivity contribution is 5.03. The Kier molecular flexibility index (Phi) is 5.79. The lowest BCUT2D eigenvalue weighted by molar-refractivity contribution is 0.0537. The van der Waals surface area contributed by atoms with E-state index in [0.717, 1.165) is 26.0 Å². The molecule has 0 aliphatic heterocycles. The monoisotopic (exact) mass is 224 g/mol. The van der Waals surface area contributed by atoms with Crippen LogP contribution in [0.2, 0.25) is 0 Å². The molecular formula is C13H24N2O. The average molecular weight is 224 g/mol. The SMILES string of the molecule is CCNC(C)(C#N)CCCOC1CCCC1. The van der Waals surface area contributed by atoms with E-state index in [4.69, 9.17) is 10.00 Å². The van der Waals surface area contributed by atoms with E-state index in [9.17, 15) is 0 Å². The van der Waals surface area contributed by atoms with Crippen LogP contribution in [0.15, 0.2) is 0 Å². The van der Waals surface area contributed by atoms with Gasteiger partial charge in [0.05, 0.1) is 12.2 Å². The molecule has 1 atom stereocenters. The summed E-state index contributed by atoms with van der Waals surface area (Å²) in [5, 5.41) is 12.3. The average Bonchev–Trinajstić information content (AvgIpc) is 2.78. The molecule has 3 nitrogen and oxygen atoms in total. The summed E-state index contributed by atoms with van der Waals surface area (Å²) in [6.45, 7) is 5.64. The number of rotatable bonds is 7. The van der Waals surface area contributed by atoms with Crippen LogP contribution in [0, 0.1) is 11.3 Å². The van der Waals surface area contributed by atoms with Crippen LogP contribution in [0.5, 0.6) is 0 Å². The molecule has 16 heavy (non-hydrogen) atoms. The maximum Gasteiger partial charge on any atom is 0.104 e. The zero-order valence-electron chi connectivity index (χ0n) is 10.6.